The summed E-state index contributed by atoms with van der Waals surface area (Å²) in [6.45, 7) is 6.40. The highest BCUT2D eigenvalue weighted by molar-refractivity contribution is 5.92. The number of rotatable bonds is 2. The first-order valence-corrected chi connectivity index (χ1v) is 7.16. The maximum absolute atomic E-state index is 12.5. The molecule has 1 aliphatic heterocycles. The average Bonchev–Trinajstić information content (AvgIpc) is 2.97. The number of carbonyl (C=O) groups is 1. The van der Waals surface area contributed by atoms with Crippen molar-refractivity contribution in [2.45, 2.75) is 19.9 Å². The Kier molecular flexibility index (Phi) is 3.70. The van der Waals surface area contributed by atoms with Gasteiger partial charge in [0.2, 0.25) is 0 Å². The van der Waals surface area contributed by atoms with Crippen molar-refractivity contribution in [2.24, 2.45) is 0 Å². The SMILES string of the molecule is Cc1cccc(-n2cc(C(=O)N3CCNC[C@@H]3C)nn2)c1. The Balaban J connectivity index is 1.83. The van der Waals surface area contributed by atoms with E-state index in [-0.39, 0.29) is 11.9 Å². The molecule has 0 radical (unpaired) electrons. The van der Waals surface area contributed by atoms with Crippen molar-refractivity contribution < 1.29 is 4.79 Å². The molecule has 0 unspecified atom stereocenters. The fourth-order valence-corrected chi connectivity index (χ4v) is 2.55. The third-order valence-corrected chi connectivity index (χ3v) is 3.74. The number of carbonyl (C=O) groups excluding carboxylic acids is 1. The molecule has 3 rings (SSSR count). The summed E-state index contributed by atoms with van der Waals surface area (Å²) in [6, 6.07) is 8.12. The second-order valence-corrected chi connectivity index (χ2v) is 5.44. The van der Waals surface area contributed by atoms with E-state index in [1.807, 2.05) is 43.0 Å². The molecule has 2 aromatic rings. The molecule has 1 aromatic carbocycles. The Labute approximate surface area is 123 Å². The largest absolute Gasteiger partial charge is 0.332 e. The minimum Gasteiger partial charge on any atom is -0.332 e. The van der Waals surface area contributed by atoms with Gasteiger partial charge in [-0.3, -0.25) is 4.79 Å². The third kappa shape index (κ3) is 2.80. The fourth-order valence-electron chi connectivity index (χ4n) is 2.55. The second kappa shape index (κ2) is 5.65. The van der Waals surface area contributed by atoms with Crippen LogP contribution in [0.5, 0.6) is 0 Å². The van der Waals surface area contributed by atoms with E-state index in [9.17, 15) is 4.79 Å². The van der Waals surface area contributed by atoms with Gasteiger partial charge < -0.3 is 10.2 Å². The summed E-state index contributed by atoms with van der Waals surface area (Å²) in [5.41, 5.74) is 2.45. The van der Waals surface area contributed by atoms with Crippen molar-refractivity contribution >= 4 is 5.91 Å². The third-order valence-electron chi connectivity index (χ3n) is 3.74. The van der Waals surface area contributed by atoms with Crippen LogP contribution in [0.15, 0.2) is 30.5 Å². The molecule has 1 fully saturated rings. The summed E-state index contributed by atoms with van der Waals surface area (Å²) in [5.74, 6) is -0.0529. The Hall–Kier alpha value is -2.21. The summed E-state index contributed by atoms with van der Waals surface area (Å²) in [4.78, 5) is 14.4. The summed E-state index contributed by atoms with van der Waals surface area (Å²) in [7, 11) is 0. The molecular weight excluding hydrogens is 266 g/mol. The Morgan fingerprint density at radius 1 is 1.43 bits per heavy atom. The number of aryl methyl sites for hydroxylation is 1. The van der Waals surface area contributed by atoms with Gasteiger partial charge in [-0.2, -0.15) is 0 Å². The van der Waals surface area contributed by atoms with Crippen LogP contribution in [0.4, 0.5) is 0 Å². The highest BCUT2D eigenvalue weighted by Crippen LogP contribution is 2.12. The number of piperazine rings is 1. The molecule has 1 saturated heterocycles. The van der Waals surface area contributed by atoms with Crippen molar-refractivity contribution in [2.75, 3.05) is 19.6 Å². The molecule has 1 N–H and O–H groups in total. The van der Waals surface area contributed by atoms with Gasteiger partial charge in [0.25, 0.3) is 5.91 Å². The number of aromatic nitrogens is 3. The number of amides is 1. The molecule has 0 aliphatic carbocycles. The highest BCUT2D eigenvalue weighted by Gasteiger charge is 2.26. The van der Waals surface area contributed by atoms with Crippen LogP contribution in [0.2, 0.25) is 0 Å². The number of hydrogen-bond donors (Lipinski definition) is 1. The Morgan fingerprint density at radius 2 is 2.29 bits per heavy atom. The molecule has 0 spiro atoms. The van der Waals surface area contributed by atoms with Crippen LogP contribution < -0.4 is 5.32 Å². The van der Waals surface area contributed by atoms with Gasteiger partial charge in [-0.05, 0) is 31.5 Å². The lowest BCUT2D eigenvalue weighted by molar-refractivity contribution is 0.0649. The van der Waals surface area contributed by atoms with Gasteiger partial charge >= 0.3 is 0 Å². The van der Waals surface area contributed by atoms with E-state index in [2.05, 4.69) is 15.6 Å². The lowest BCUT2D eigenvalue weighted by Crippen LogP contribution is -2.52. The lowest BCUT2D eigenvalue weighted by atomic mass is 10.2. The van der Waals surface area contributed by atoms with Crippen molar-refractivity contribution in [3.63, 3.8) is 0 Å². The van der Waals surface area contributed by atoms with E-state index in [1.165, 1.54) is 0 Å². The number of nitrogens with one attached hydrogen (secondary N) is 1. The van der Waals surface area contributed by atoms with Crippen molar-refractivity contribution in [3.8, 4) is 5.69 Å². The predicted octanol–water partition coefficient (Wildman–Crippen LogP) is 1.01. The predicted molar refractivity (Wildman–Crippen MR) is 79.5 cm³/mol. The topological polar surface area (TPSA) is 63.1 Å². The lowest BCUT2D eigenvalue weighted by Gasteiger charge is -2.33. The van der Waals surface area contributed by atoms with Gasteiger partial charge in [0.15, 0.2) is 5.69 Å². The maximum Gasteiger partial charge on any atom is 0.276 e. The molecule has 1 aliphatic rings. The molecule has 1 amide bonds. The van der Waals surface area contributed by atoms with Crippen LogP contribution in [0.1, 0.15) is 23.0 Å². The van der Waals surface area contributed by atoms with Crippen LogP contribution in [0.3, 0.4) is 0 Å². The molecule has 6 heteroatoms. The zero-order valence-corrected chi connectivity index (χ0v) is 12.3. The monoisotopic (exact) mass is 285 g/mol. The molecule has 1 aromatic heterocycles. The van der Waals surface area contributed by atoms with Gasteiger partial charge in [-0.25, -0.2) is 4.68 Å². The van der Waals surface area contributed by atoms with E-state index >= 15 is 0 Å². The molecular formula is C15H19N5O. The van der Waals surface area contributed by atoms with Crippen molar-refractivity contribution in [1.29, 1.82) is 0 Å². The molecule has 0 bridgehead atoms. The first kappa shape index (κ1) is 13.8. The van der Waals surface area contributed by atoms with Crippen molar-refractivity contribution in [3.05, 3.63) is 41.7 Å². The number of nitrogens with zero attached hydrogens (tertiary/aromatic N) is 4. The zero-order valence-electron chi connectivity index (χ0n) is 12.3. The van der Waals surface area contributed by atoms with Gasteiger partial charge in [-0.1, -0.05) is 17.3 Å². The molecule has 1 atom stereocenters. The minimum atomic E-state index is -0.0529. The highest BCUT2D eigenvalue weighted by atomic mass is 16.2. The first-order chi connectivity index (χ1) is 10.1. The normalized spacial score (nSPS) is 18.8. The Morgan fingerprint density at radius 3 is 3.05 bits per heavy atom. The first-order valence-electron chi connectivity index (χ1n) is 7.16. The average molecular weight is 285 g/mol. The van der Waals surface area contributed by atoms with Gasteiger partial charge in [0.05, 0.1) is 11.9 Å². The van der Waals surface area contributed by atoms with Gasteiger partial charge in [-0.15, -0.1) is 5.10 Å². The second-order valence-electron chi connectivity index (χ2n) is 5.44. The summed E-state index contributed by atoms with van der Waals surface area (Å²) in [5, 5.41) is 11.4. The maximum atomic E-state index is 12.5. The van der Waals surface area contributed by atoms with Crippen LogP contribution in [0.25, 0.3) is 5.69 Å². The number of hydrogen-bond acceptors (Lipinski definition) is 4. The van der Waals surface area contributed by atoms with E-state index in [0.717, 1.165) is 24.3 Å². The van der Waals surface area contributed by atoms with E-state index in [4.69, 9.17) is 0 Å². The molecule has 2 heterocycles. The Bertz CT molecular complexity index is 651. The molecule has 110 valence electrons. The van der Waals surface area contributed by atoms with Crippen LogP contribution >= 0.6 is 0 Å². The van der Waals surface area contributed by atoms with Crippen molar-refractivity contribution in [1.82, 2.24) is 25.2 Å². The number of benzene rings is 1. The van der Waals surface area contributed by atoms with E-state index in [1.54, 1.807) is 10.9 Å². The summed E-state index contributed by atoms with van der Waals surface area (Å²) < 4.78 is 1.65. The zero-order chi connectivity index (χ0) is 14.8. The van der Waals surface area contributed by atoms with Crippen LogP contribution in [-0.4, -0.2) is 51.5 Å². The smallest absolute Gasteiger partial charge is 0.276 e. The fraction of sp³-hybridized carbons (Fsp3) is 0.400. The standard InChI is InChI=1S/C15H19N5O/c1-11-4-3-5-13(8-11)20-10-14(17-18-20)15(21)19-7-6-16-9-12(19)2/h3-5,8,10,12,16H,6-7,9H2,1-2H3/t12-/m0/s1. The van der Waals surface area contributed by atoms with Crippen LogP contribution in [0, 0.1) is 6.92 Å². The van der Waals surface area contributed by atoms with Crippen LogP contribution in [-0.2, 0) is 0 Å². The van der Waals surface area contributed by atoms with E-state index < -0.39 is 0 Å². The van der Waals surface area contributed by atoms with Gasteiger partial charge in [0, 0.05) is 25.7 Å². The van der Waals surface area contributed by atoms with Gasteiger partial charge in [0.1, 0.15) is 0 Å². The molecule has 0 saturated carbocycles. The molecule has 6 nitrogen and oxygen atoms in total. The summed E-state index contributed by atoms with van der Waals surface area (Å²) >= 11 is 0. The van der Waals surface area contributed by atoms with E-state index in [0.29, 0.717) is 12.2 Å². The minimum absolute atomic E-state index is 0.0529. The summed E-state index contributed by atoms with van der Waals surface area (Å²) in [6.07, 6.45) is 1.70. The quantitative estimate of drug-likeness (QED) is 0.894. The molecule has 21 heavy (non-hydrogen) atoms.